The van der Waals surface area contributed by atoms with Gasteiger partial charge in [0.2, 0.25) is 0 Å². The van der Waals surface area contributed by atoms with E-state index in [1.54, 1.807) is 0 Å². The van der Waals surface area contributed by atoms with Crippen molar-refractivity contribution in [2.45, 2.75) is 52.2 Å². The predicted octanol–water partition coefficient (Wildman–Crippen LogP) is 1.46. The number of aromatic nitrogens is 2. The van der Waals surface area contributed by atoms with Crippen LogP contribution in [0.3, 0.4) is 0 Å². The van der Waals surface area contributed by atoms with Gasteiger partial charge in [0.25, 0.3) is 11.8 Å². The molecule has 0 saturated carbocycles. The van der Waals surface area contributed by atoms with E-state index in [2.05, 4.69) is 12.0 Å². The summed E-state index contributed by atoms with van der Waals surface area (Å²) in [5.74, 6) is 0.102. The minimum Gasteiger partial charge on any atom is -0.368 e. The summed E-state index contributed by atoms with van der Waals surface area (Å²) in [5, 5.41) is 4.42. The molecule has 2 aliphatic rings. The highest BCUT2D eigenvalue weighted by atomic mass is 16.5. The fourth-order valence-corrected chi connectivity index (χ4v) is 3.56. The molecule has 0 N–H and O–H groups in total. The molecule has 2 amide bonds. The smallest absolute Gasteiger partial charge is 0.257 e. The molecule has 2 saturated heterocycles. The van der Waals surface area contributed by atoms with Gasteiger partial charge in [-0.25, -0.2) is 0 Å². The van der Waals surface area contributed by atoms with Crippen molar-refractivity contribution in [1.82, 2.24) is 19.6 Å². The van der Waals surface area contributed by atoms with Gasteiger partial charge in [-0.05, 0) is 32.6 Å². The average Bonchev–Trinajstić information content (AvgIpc) is 3.18. The molecule has 0 aromatic carbocycles. The summed E-state index contributed by atoms with van der Waals surface area (Å²) in [7, 11) is 0. The van der Waals surface area contributed by atoms with Gasteiger partial charge in [-0.1, -0.05) is 6.92 Å². The second-order valence-electron chi connectivity index (χ2n) is 6.86. The standard InChI is InChI=1S/C18H28N4O3/c1-3-7-22-13-15(14(2)19-22)17(23)20-8-5-9-21(11-10-20)18(24)16-6-4-12-25-16/h13,16H,3-12H2,1-2H3/t16-/m1/s1. The zero-order chi connectivity index (χ0) is 17.8. The summed E-state index contributed by atoms with van der Waals surface area (Å²) >= 11 is 0. The molecule has 138 valence electrons. The van der Waals surface area contributed by atoms with Crippen LogP contribution in [0.5, 0.6) is 0 Å². The Bertz CT molecular complexity index is 622. The lowest BCUT2D eigenvalue weighted by Gasteiger charge is -2.24. The second kappa shape index (κ2) is 7.99. The van der Waals surface area contributed by atoms with Crippen molar-refractivity contribution in [3.05, 3.63) is 17.5 Å². The van der Waals surface area contributed by atoms with Gasteiger partial charge in [-0.2, -0.15) is 5.10 Å². The molecule has 2 aliphatic heterocycles. The maximum Gasteiger partial charge on any atom is 0.257 e. The Kier molecular flexibility index (Phi) is 5.73. The van der Waals surface area contributed by atoms with Crippen LogP contribution in [0.2, 0.25) is 0 Å². The van der Waals surface area contributed by atoms with Crippen LogP contribution in [0, 0.1) is 6.92 Å². The highest BCUT2D eigenvalue weighted by Gasteiger charge is 2.30. The monoisotopic (exact) mass is 348 g/mol. The van der Waals surface area contributed by atoms with Gasteiger partial charge in [0.15, 0.2) is 0 Å². The number of ether oxygens (including phenoxy) is 1. The van der Waals surface area contributed by atoms with Gasteiger partial charge >= 0.3 is 0 Å². The van der Waals surface area contributed by atoms with Crippen LogP contribution < -0.4 is 0 Å². The molecule has 0 radical (unpaired) electrons. The Morgan fingerprint density at radius 3 is 2.68 bits per heavy atom. The first kappa shape index (κ1) is 17.9. The van der Waals surface area contributed by atoms with Gasteiger partial charge in [0, 0.05) is 45.5 Å². The van der Waals surface area contributed by atoms with Crippen LogP contribution in [0.1, 0.15) is 48.7 Å². The SMILES string of the molecule is CCCn1cc(C(=O)N2CCCN(C(=O)[C@H]3CCCO3)CC2)c(C)n1. The van der Waals surface area contributed by atoms with Crippen LogP contribution in [-0.4, -0.2) is 70.3 Å². The molecule has 0 aliphatic carbocycles. The van der Waals surface area contributed by atoms with E-state index >= 15 is 0 Å². The number of carbonyl (C=O) groups is 2. The first-order valence-electron chi connectivity index (χ1n) is 9.34. The van der Waals surface area contributed by atoms with E-state index in [0.717, 1.165) is 37.9 Å². The number of hydrogen-bond donors (Lipinski definition) is 0. The Labute approximate surface area is 148 Å². The average molecular weight is 348 g/mol. The molecule has 2 fully saturated rings. The van der Waals surface area contributed by atoms with Gasteiger partial charge in [0.05, 0.1) is 11.3 Å². The predicted molar refractivity (Wildman–Crippen MR) is 93.3 cm³/mol. The quantitative estimate of drug-likeness (QED) is 0.826. The summed E-state index contributed by atoms with van der Waals surface area (Å²) in [4.78, 5) is 29.1. The molecule has 7 nitrogen and oxygen atoms in total. The van der Waals surface area contributed by atoms with Crippen LogP contribution in [-0.2, 0) is 16.1 Å². The van der Waals surface area contributed by atoms with E-state index in [0.29, 0.717) is 38.3 Å². The van der Waals surface area contributed by atoms with Gasteiger partial charge in [-0.15, -0.1) is 0 Å². The van der Waals surface area contributed by atoms with Crippen LogP contribution in [0.25, 0.3) is 0 Å². The number of amides is 2. The lowest BCUT2D eigenvalue weighted by Crippen LogP contribution is -2.41. The summed E-state index contributed by atoms with van der Waals surface area (Å²) in [6.45, 7) is 7.97. The van der Waals surface area contributed by atoms with Crippen molar-refractivity contribution in [2.75, 3.05) is 32.8 Å². The first-order valence-corrected chi connectivity index (χ1v) is 9.34. The topological polar surface area (TPSA) is 67.7 Å². The Balaban J connectivity index is 1.62. The van der Waals surface area contributed by atoms with E-state index in [1.807, 2.05) is 27.6 Å². The lowest BCUT2D eigenvalue weighted by molar-refractivity contribution is -0.140. The maximum absolute atomic E-state index is 12.9. The third-order valence-electron chi connectivity index (χ3n) is 4.93. The molecule has 7 heteroatoms. The molecule has 0 bridgehead atoms. The highest BCUT2D eigenvalue weighted by Crippen LogP contribution is 2.17. The van der Waals surface area contributed by atoms with Crippen LogP contribution in [0.15, 0.2) is 6.20 Å². The molecule has 0 unspecified atom stereocenters. The van der Waals surface area contributed by atoms with Crippen molar-refractivity contribution in [1.29, 1.82) is 0 Å². The van der Waals surface area contributed by atoms with Crippen molar-refractivity contribution < 1.29 is 14.3 Å². The number of carbonyl (C=O) groups excluding carboxylic acids is 2. The summed E-state index contributed by atoms with van der Waals surface area (Å²) in [5.41, 5.74) is 1.45. The molecular weight excluding hydrogens is 320 g/mol. The maximum atomic E-state index is 12.9. The molecular formula is C18H28N4O3. The third-order valence-corrected chi connectivity index (χ3v) is 4.93. The minimum absolute atomic E-state index is 0.0197. The molecule has 3 heterocycles. The molecule has 3 rings (SSSR count). The highest BCUT2D eigenvalue weighted by molar-refractivity contribution is 5.95. The van der Waals surface area contributed by atoms with E-state index in [4.69, 9.17) is 4.74 Å². The Morgan fingerprint density at radius 1 is 1.20 bits per heavy atom. The summed E-state index contributed by atoms with van der Waals surface area (Å²) in [6.07, 6.45) is 5.12. The number of hydrogen-bond acceptors (Lipinski definition) is 4. The molecule has 1 aromatic rings. The number of rotatable bonds is 4. The van der Waals surface area contributed by atoms with E-state index in [9.17, 15) is 9.59 Å². The Morgan fingerprint density at radius 2 is 1.96 bits per heavy atom. The van der Waals surface area contributed by atoms with Crippen LogP contribution in [0.4, 0.5) is 0 Å². The Hall–Kier alpha value is -1.89. The van der Waals surface area contributed by atoms with E-state index < -0.39 is 0 Å². The summed E-state index contributed by atoms with van der Waals surface area (Å²) in [6, 6.07) is 0. The van der Waals surface area contributed by atoms with Crippen molar-refractivity contribution in [3.63, 3.8) is 0 Å². The molecule has 1 atom stereocenters. The van der Waals surface area contributed by atoms with Gasteiger partial charge in [0.1, 0.15) is 6.10 Å². The van der Waals surface area contributed by atoms with Crippen molar-refractivity contribution in [3.8, 4) is 0 Å². The van der Waals surface area contributed by atoms with E-state index in [1.165, 1.54) is 0 Å². The molecule has 25 heavy (non-hydrogen) atoms. The van der Waals surface area contributed by atoms with E-state index in [-0.39, 0.29) is 17.9 Å². The first-order chi connectivity index (χ1) is 12.1. The van der Waals surface area contributed by atoms with Gasteiger partial charge < -0.3 is 14.5 Å². The van der Waals surface area contributed by atoms with Crippen molar-refractivity contribution >= 4 is 11.8 Å². The second-order valence-corrected chi connectivity index (χ2v) is 6.86. The number of nitrogens with zero attached hydrogens (tertiary/aromatic N) is 4. The zero-order valence-electron chi connectivity index (χ0n) is 15.2. The third kappa shape index (κ3) is 4.03. The van der Waals surface area contributed by atoms with Crippen LogP contribution >= 0.6 is 0 Å². The fraction of sp³-hybridized carbons (Fsp3) is 0.722. The largest absolute Gasteiger partial charge is 0.368 e. The molecule has 1 aromatic heterocycles. The number of aryl methyl sites for hydroxylation is 2. The summed E-state index contributed by atoms with van der Waals surface area (Å²) < 4.78 is 7.35. The zero-order valence-corrected chi connectivity index (χ0v) is 15.2. The lowest BCUT2D eigenvalue weighted by atomic mass is 10.2. The fourth-order valence-electron chi connectivity index (χ4n) is 3.56. The van der Waals surface area contributed by atoms with Crippen molar-refractivity contribution in [2.24, 2.45) is 0 Å². The normalized spacial score (nSPS) is 21.4. The minimum atomic E-state index is -0.281. The molecule has 0 spiro atoms. The van der Waals surface area contributed by atoms with Gasteiger partial charge in [-0.3, -0.25) is 14.3 Å².